The quantitative estimate of drug-likeness (QED) is 0.798. The molecule has 1 aliphatic heterocycles. The van der Waals surface area contributed by atoms with Gasteiger partial charge in [-0.1, -0.05) is 29.0 Å². The van der Waals surface area contributed by atoms with E-state index in [4.69, 9.17) is 0 Å². The molecule has 0 aromatic carbocycles. The predicted molar refractivity (Wildman–Crippen MR) is 75.3 cm³/mol. The molecule has 1 saturated heterocycles. The number of rotatable bonds is 3. The van der Waals surface area contributed by atoms with Gasteiger partial charge in [0.05, 0.1) is 5.69 Å². The van der Waals surface area contributed by atoms with E-state index in [1.54, 1.807) is 11.1 Å². The van der Waals surface area contributed by atoms with Crippen LogP contribution in [0, 0.1) is 0 Å². The summed E-state index contributed by atoms with van der Waals surface area (Å²) in [7, 11) is 0. The molecular weight excluding hydrogens is 258 g/mol. The van der Waals surface area contributed by atoms with Crippen LogP contribution in [0.1, 0.15) is 54.4 Å². The summed E-state index contributed by atoms with van der Waals surface area (Å²) in [5.41, 5.74) is 4.14. The van der Waals surface area contributed by atoms with E-state index in [2.05, 4.69) is 16.5 Å². The van der Waals surface area contributed by atoms with E-state index in [-0.39, 0.29) is 5.91 Å². The lowest BCUT2D eigenvalue weighted by atomic mass is 10.0. The molecule has 0 spiro atoms. The van der Waals surface area contributed by atoms with Crippen LogP contribution in [0.4, 0.5) is 0 Å². The first-order valence-electron chi connectivity index (χ1n) is 7.10. The van der Waals surface area contributed by atoms with Crippen LogP contribution in [0.25, 0.3) is 0 Å². The Morgan fingerprint density at radius 3 is 2.53 bits per heavy atom. The van der Waals surface area contributed by atoms with Crippen molar-refractivity contribution in [3.05, 3.63) is 21.7 Å². The fraction of sp³-hybridized carbons (Fsp3) is 0.643. The van der Waals surface area contributed by atoms with E-state index < -0.39 is 0 Å². The molecule has 19 heavy (non-hydrogen) atoms. The van der Waals surface area contributed by atoms with Crippen LogP contribution >= 0.6 is 11.5 Å². The van der Waals surface area contributed by atoms with Gasteiger partial charge in [-0.2, -0.15) is 0 Å². The number of likely N-dealkylation sites (tertiary alicyclic amines) is 1. The third-order valence-electron chi connectivity index (χ3n) is 3.89. The van der Waals surface area contributed by atoms with Crippen molar-refractivity contribution in [2.45, 2.75) is 45.4 Å². The van der Waals surface area contributed by atoms with Gasteiger partial charge in [0.1, 0.15) is 4.88 Å². The molecule has 1 aromatic heterocycles. The smallest absolute Gasteiger partial charge is 0.267 e. The Labute approximate surface area is 117 Å². The minimum atomic E-state index is 0.137. The zero-order valence-electron chi connectivity index (χ0n) is 11.3. The summed E-state index contributed by atoms with van der Waals surface area (Å²) in [5.74, 6) is 0.137. The van der Waals surface area contributed by atoms with Crippen LogP contribution in [0.3, 0.4) is 0 Å². The lowest BCUT2D eigenvalue weighted by Crippen LogP contribution is -2.36. The Balaban J connectivity index is 1.67. The van der Waals surface area contributed by atoms with Gasteiger partial charge in [0, 0.05) is 13.1 Å². The van der Waals surface area contributed by atoms with E-state index in [1.807, 2.05) is 4.90 Å². The molecule has 4 nitrogen and oxygen atoms in total. The van der Waals surface area contributed by atoms with Crippen molar-refractivity contribution in [1.82, 2.24) is 14.5 Å². The van der Waals surface area contributed by atoms with Crippen molar-refractivity contribution in [2.75, 3.05) is 13.1 Å². The maximum Gasteiger partial charge on any atom is 0.267 e. The number of amides is 1. The second-order valence-electron chi connectivity index (χ2n) is 5.30. The van der Waals surface area contributed by atoms with Gasteiger partial charge in [-0.05, 0) is 43.6 Å². The molecule has 3 rings (SSSR count). The molecule has 0 unspecified atom stereocenters. The van der Waals surface area contributed by atoms with Crippen LogP contribution in [0.2, 0.25) is 0 Å². The molecule has 0 radical (unpaired) electrons. The first-order valence-corrected chi connectivity index (χ1v) is 7.87. The van der Waals surface area contributed by atoms with Gasteiger partial charge in [0.25, 0.3) is 5.91 Å². The molecule has 5 heteroatoms. The number of nitrogens with zero attached hydrogens (tertiary/aromatic N) is 3. The topological polar surface area (TPSA) is 46.1 Å². The summed E-state index contributed by atoms with van der Waals surface area (Å²) in [6, 6.07) is 0. The van der Waals surface area contributed by atoms with Crippen molar-refractivity contribution in [3.63, 3.8) is 0 Å². The molecule has 102 valence electrons. The number of carbonyl (C=O) groups is 1. The fourth-order valence-corrected chi connectivity index (χ4v) is 3.34. The van der Waals surface area contributed by atoms with Crippen molar-refractivity contribution >= 4 is 17.4 Å². The predicted octanol–water partition coefficient (Wildman–Crippen LogP) is 2.82. The Hall–Kier alpha value is -1.23. The Kier molecular flexibility index (Phi) is 3.64. The minimum Gasteiger partial charge on any atom is -0.337 e. The van der Waals surface area contributed by atoms with Gasteiger partial charge in [-0.25, -0.2) is 0 Å². The summed E-state index contributed by atoms with van der Waals surface area (Å²) in [6.45, 7) is 3.82. The van der Waals surface area contributed by atoms with Crippen molar-refractivity contribution in [2.24, 2.45) is 0 Å². The average molecular weight is 277 g/mol. The molecule has 2 heterocycles. The molecule has 1 aromatic rings. The van der Waals surface area contributed by atoms with Crippen molar-refractivity contribution in [3.8, 4) is 0 Å². The molecule has 2 fully saturated rings. The molecule has 1 saturated carbocycles. The maximum absolute atomic E-state index is 12.5. The molecule has 1 amide bonds. The zero-order chi connectivity index (χ0) is 13.2. The summed E-state index contributed by atoms with van der Waals surface area (Å²) >= 11 is 1.25. The van der Waals surface area contributed by atoms with E-state index in [0.29, 0.717) is 0 Å². The molecule has 0 bridgehead atoms. The number of allylic oxidation sites excluding steroid dienone is 1. The molecule has 2 aliphatic rings. The lowest BCUT2D eigenvalue weighted by Gasteiger charge is -2.28. The van der Waals surface area contributed by atoms with Crippen molar-refractivity contribution in [1.29, 1.82) is 0 Å². The molecule has 1 aliphatic carbocycles. The summed E-state index contributed by atoms with van der Waals surface area (Å²) in [6.07, 6.45) is 6.57. The monoisotopic (exact) mass is 277 g/mol. The van der Waals surface area contributed by atoms with E-state index in [0.717, 1.165) is 49.3 Å². The molecule has 0 N–H and O–H groups in total. The first kappa shape index (κ1) is 12.8. The molecule has 0 atom stereocenters. The van der Waals surface area contributed by atoms with Crippen LogP contribution < -0.4 is 0 Å². The zero-order valence-corrected chi connectivity index (χ0v) is 12.1. The summed E-state index contributed by atoms with van der Waals surface area (Å²) in [5, 5.41) is 4.09. The standard InChI is InChI=1S/C14H19N3OS/c1-2-3-12-13(19-16-15-12)14(18)17-8-6-11(7-9-17)10-4-5-10/h2-9H2,1H3. The summed E-state index contributed by atoms with van der Waals surface area (Å²) < 4.78 is 3.94. The third-order valence-corrected chi connectivity index (χ3v) is 4.65. The van der Waals surface area contributed by atoms with E-state index in [9.17, 15) is 4.79 Å². The highest BCUT2D eigenvalue weighted by molar-refractivity contribution is 7.08. The van der Waals surface area contributed by atoms with Gasteiger partial charge >= 0.3 is 0 Å². The third kappa shape index (κ3) is 2.71. The fourth-order valence-electron chi connectivity index (χ4n) is 2.66. The van der Waals surface area contributed by atoms with Gasteiger partial charge in [0.15, 0.2) is 0 Å². The van der Waals surface area contributed by atoms with Crippen LogP contribution in [-0.2, 0) is 6.42 Å². The SMILES string of the molecule is CCCc1nnsc1C(=O)N1CCC(=C2CC2)CC1. The normalized spacial score (nSPS) is 18.9. The summed E-state index contributed by atoms with van der Waals surface area (Å²) in [4.78, 5) is 15.2. The van der Waals surface area contributed by atoms with Crippen molar-refractivity contribution < 1.29 is 4.79 Å². The van der Waals surface area contributed by atoms with Crippen LogP contribution in [0.15, 0.2) is 11.1 Å². The Morgan fingerprint density at radius 1 is 1.21 bits per heavy atom. The number of hydrogen-bond donors (Lipinski definition) is 0. The number of hydrogen-bond acceptors (Lipinski definition) is 4. The number of carbonyl (C=O) groups excluding carboxylic acids is 1. The van der Waals surface area contributed by atoms with Gasteiger partial charge in [-0.15, -0.1) is 5.10 Å². The van der Waals surface area contributed by atoms with Gasteiger partial charge in [0.2, 0.25) is 0 Å². The van der Waals surface area contributed by atoms with Crippen LogP contribution in [0.5, 0.6) is 0 Å². The first-order chi connectivity index (χ1) is 9.29. The highest BCUT2D eigenvalue weighted by atomic mass is 32.1. The largest absolute Gasteiger partial charge is 0.337 e. The maximum atomic E-state index is 12.5. The highest BCUT2D eigenvalue weighted by Crippen LogP contribution is 2.36. The Bertz CT molecular complexity index is 505. The Morgan fingerprint density at radius 2 is 1.89 bits per heavy atom. The number of aryl methyl sites for hydroxylation is 1. The molecular formula is C14H19N3OS. The second kappa shape index (κ2) is 5.41. The van der Waals surface area contributed by atoms with E-state index >= 15 is 0 Å². The number of piperidine rings is 1. The average Bonchev–Trinajstić information content (AvgIpc) is 3.19. The van der Waals surface area contributed by atoms with Gasteiger partial charge < -0.3 is 4.90 Å². The van der Waals surface area contributed by atoms with Gasteiger partial charge in [-0.3, -0.25) is 4.79 Å². The van der Waals surface area contributed by atoms with E-state index in [1.165, 1.54) is 24.4 Å². The van der Waals surface area contributed by atoms with Crippen LogP contribution in [-0.4, -0.2) is 33.5 Å². The second-order valence-corrected chi connectivity index (χ2v) is 6.05. The highest BCUT2D eigenvalue weighted by Gasteiger charge is 2.27. The number of aromatic nitrogens is 2. The lowest BCUT2D eigenvalue weighted by molar-refractivity contribution is 0.0747. The minimum absolute atomic E-state index is 0.137.